The van der Waals surface area contributed by atoms with Crippen molar-refractivity contribution in [3.05, 3.63) is 84.2 Å². The summed E-state index contributed by atoms with van der Waals surface area (Å²) < 4.78 is 9.74. The number of para-hydroxylation sites is 2. The molecule has 3 aromatic heterocycles. The largest absolute Gasteiger partial charge is 0.497 e. The monoisotopic (exact) mass is 462 g/mol. The lowest BCUT2D eigenvalue weighted by Gasteiger charge is -2.44. The molecule has 0 unspecified atom stereocenters. The van der Waals surface area contributed by atoms with Gasteiger partial charge in [-0.05, 0) is 74.2 Å². The first-order valence-electron chi connectivity index (χ1n) is 12.3. The third-order valence-corrected chi connectivity index (χ3v) is 7.66. The highest BCUT2D eigenvalue weighted by Gasteiger charge is 2.44. The summed E-state index contributed by atoms with van der Waals surface area (Å²) in [6, 6.07) is 21.8. The smallest absolute Gasteiger partial charge is 0.211 e. The number of aromatic nitrogens is 3. The molecule has 2 aromatic carbocycles. The fourth-order valence-corrected chi connectivity index (χ4v) is 6.06. The summed E-state index contributed by atoms with van der Waals surface area (Å²) in [5, 5.41) is 3.93. The Balaban J connectivity index is 1.53. The van der Waals surface area contributed by atoms with E-state index in [4.69, 9.17) is 9.72 Å². The number of rotatable bonds is 3. The van der Waals surface area contributed by atoms with Crippen molar-refractivity contribution in [2.24, 2.45) is 0 Å². The van der Waals surface area contributed by atoms with Crippen molar-refractivity contribution in [3.63, 3.8) is 0 Å². The zero-order chi connectivity index (χ0) is 23.6. The summed E-state index contributed by atoms with van der Waals surface area (Å²) >= 11 is 0. The molecule has 6 heteroatoms. The van der Waals surface area contributed by atoms with Crippen LogP contribution in [0.15, 0.2) is 72.9 Å². The van der Waals surface area contributed by atoms with Crippen LogP contribution < -0.4 is 10.1 Å². The average Bonchev–Trinajstić information content (AvgIpc) is 3.45. The molecule has 0 amide bonds. The quantitative estimate of drug-likeness (QED) is 0.323. The van der Waals surface area contributed by atoms with E-state index in [0.717, 1.165) is 65.1 Å². The molecule has 5 aromatic rings. The van der Waals surface area contributed by atoms with E-state index in [-0.39, 0.29) is 11.4 Å². The number of benzene rings is 2. The number of imidazole rings is 1. The van der Waals surface area contributed by atoms with Gasteiger partial charge in [-0.2, -0.15) is 0 Å². The predicted octanol–water partition coefficient (Wildman–Crippen LogP) is 6.24. The van der Waals surface area contributed by atoms with Crippen molar-refractivity contribution in [3.8, 4) is 17.1 Å². The Bertz CT molecular complexity index is 1600. The van der Waals surface area contributed by atoms with Crippen LogP contribution >= 0.6 is 0 Å². The second kappa shape index (κ2) is 7.47. The number of ether oxygens (including phenoxy) is 1. The van der Waals surface area contributed by atoms with Gasteiger partial charge in [-0.25, -0.2) is 4.98 Å². The van der Waals surface area contributed by atoms with Crippen LogP contribution in [0.1, 0.15) is 48.2 Å². The Kier molecular flexibility index (Phi) is 4.34. The van der Waals surface area contributed by atoms with Gasteiger partial charge >= 0.3 is 0 Å². The van der Waals surface area contributed by atoms with Crippen molar-refractivity contribution in [2.75, 3.05) is 12.4 Å². The maximum absolute atomic E-state index is 14.0. The number of nitrogens with zero attached hydrogens (tertiary/aromatic N) is 3. The van der Waals surface area contributed by atoms with Crippen LogP contribution in [0, 0.1) is 0 Å². The van der Waals surface area contributed by atoms with Gasteiger partial charge in [0.1, 0.15) is 22.9 Å². The molecule has 1 aliphatic carbocycles. The maximum atomic E-state index is 14.0. The molecule has 0 radical (unpaired) electrons. The molecule has 7 rings (SSSR count). The van der Waals surface area contributed by atoms with E-state index in [1.54, 1.807) is 7.11 Å². The van der Waals surface area contributed by atoms with E-state index >= 15 is 0 Å². The molecule has 1 aliphatic heterocycles. The van der Waals surface area contributed by atoms with Crippen molar-refractivity contribution in [1.29, 1.82) is 0 Å². The Hall–Kier alpha value is -4.06. The molecule has 1 fully saturated rings. The number of pyridine rings is 1. The summed E-state index contributed by atoms with van der Waals surface area (Å²) in [6.45, 7) is 0. The minimum absolute atomic E-state index is 0.0156. The molecular formula is C29H26N4O2. The summed E-state index contributed by atoms with van der Waals surface area (Å²) in [4.78, 5) is 19.2. The highest BCUT2D eigenvalue weighted by molar-refractivity contribution is 6.16. The second-order valence-electron chi connectivity index (χ2n) is 9.59. The molecule has 0 bridgehead atoms. The lowest BCUT2D eigenvalue weighted by Crippen LogP contribution is -2.46. The molecular weight excluding hydrogens is 436 g/mol. The van der Waals surface area contributed by atoms with Gasteiger partial charge in [0.2, 0.25) is 5.78 Å². The number of ketones is 1. The summed E-state index contributed by atoms with van der Waals surface area (Å²) in [5.41, 5.74) is 5.99. The molecule has 1 spiro atoms. The number of fused-ring (bicyclic) bond motifs is 8. The Morgan fingerprint density at radius 2 is 1.69 bits per heavy atom. The molecule has 0 saturated heterocycles. The standard InChI is InChI=1S/C29H26N4O2/c1-35-20-14-12-19(13-15-20)27(34)26-25-24(23-11-5-8-18-32(23)26)28-30-21-9-3-4-10-22(21)33(28)29(31-25)16-6-2-7-17-29/h3-5,8-15,18,31H,2,6-7,16-17H2,1H3. The minimum Gasteiger partial charge on any atom is -0.497 e. The normalized spacial score (nSPS) is 16.1. The fourth-order valence-electron chi connectivity index (χ4n) is 6.06. The van der Waals surface area contributed by atoms with Gasteiger partial charge in [0.25, 0.3) is 0 Å². The van der Waals surface area contributed by atoms with Crippen LogP contribution in [0.25, 0.3) is 27.9 Å². The predicted molar refractivity (Wildman–Crippen MR) is 137 cm³/mol. The van der Waals surface area contributed by atoms with Crippen molar-refractivity contribution in [1.82, 2.24) is 14.0 Å². The highest BCUT2D eigenvalue weighted by atomic mass is 16.5. The van der Waals surface area contributed by atoms with Crippen molar-refractivity contribution in [2.45, 2.75) is 37.8 Å². The molecule has 6 nitrogen and oxygen atoms in total. The molecule has 1 N–H and O–H groups in total. The first-order chi connectivity index (χ1) is 17.2. The topological polar surface area (TPSA) is 60.6 Å². The van der Waals surface area contributed by atoms with Gasteiger partial charge in [-0.1, -0.05) is 24.6 Å². The molecule has 2 aliphatic rings. The van der Waals surface area contributed by atoms with E-state index in [9.17, 15) is 4.79 Å². The number of nitrogens with one attached hydrogen (secondary N) is 1. The molecule has 174 valence electrons. The SMILES string of the molecule is COc1ccc(C(=O)c2c3c(c4ccccn24)-c2nc4ccccc4n2C2(CCCCC2)N3)cc1. The molecule has 1 saturated carbocycles. The summed E-state index contributed by atoms with van der Waals surface area (Å²) in [7, 11) is 1.63. The van der Waals surface area contributed by atoms with E-state index in [0.29, 0.717) is 11.3 Å². The summed E-state index contributed by atoms with van der Waals surface area (Å²) in [5.74, 6) is 1.66. The van der Waals surface area contributed by atoms with Crippen LogP contribution in [-0.4, -0.2) is 26.8 Å². The van der Waals surface area contributed by atoms with Gasteiger partial charge in [0.05, 0.1) is 34.9 Å². The Labute approximate surface area is 203 Å². The van der Waals surface area contributed by atoms with Crippen molar-refractivity contribution >= 4 is 28.0 Å². The highest BCUT2D eigenvalue weighted by Crippen LogP contribution is 2.50. The Morgan fingerprint density at radius 1 is 0.943 bits per heavy atom. The first-order valence-corrected chi connectivity index (χ1v) is 12.3. The number of anilines is 1. The van der Waals surface area contributed by atoms with Crippen LogP contribution in [0.3, 0.4) is 0 Å². The van der Waals surface area contributed by atoms with Gasteiger partial charge < -0.3 is 14.5 Å². The van der Waals surface area contributed by atoms with Gasteiger partial charge in [0.15, 0.2) is 0 Å². The van der Waals surface area contributed by atoms with Crippen molar-refractivity contribution < 1.29 is 9.53 Å². The Morgan fingerprint density at radius 3 is 2.49 bits per heavy atom. The van der Waals surface area contributed by atoms with Crippen LogP contribution in [0.2, 0.25) is 0 Å². The average molecular weight is 463 g/mol. The third-order valence-electron chi connectivity index (χ3n) is 7.66. The lowest BCUT2D eigenvalue weighted by molar-refractivity contribution is 0.103. The van der Waals surface area contributed by atoms with Crippen LogP contribution in [0.4, 0.5) is 5.69 Å². The summed E-state index contributed by atoms with van der Waals surface area (Å²) in [6.07, 6.45) is 7.50. The second-order valence-corrected chi connectivity index (χ2v) is 9.59. The van der Waals surface area contributed by atoms with Crippen LogP contribution in [-0.2, 0) is 5.66 Å². The third kappa shape index (κ3) is 2.83. The van der Waals surface area contributed by atoms with Gasteiger partial charge in [-0.15, -0.1) is 0 Å². The van der Waals surface area contributed by atoms with Gasteiger partial charge in [0, 0.05) is 11.8 Å². The van der Waals surface area contributed by atoms with Gasteiger partial charge in [-0.3, -0.25) is 9.36 Å². The van der Waals surface area contributed by atoms with E-state index in [2.05, 4.69) is 34.1 Å². The number of hydrogen-bond donors (Lipinski definition) is 1. The zero-order valence-corrected chi connectivity index (χ0v) is 19.6. The molecule has 0 atom stereocenters. The zero-order valence-electron chi connectivity index (χ0n) is 19.6. The molecule has 4 heterocycles. The van der Waals surface area contributed by atoms with E-state index < -0.39 is 0 Å². The fraction of sp³-hybridized carbons (Fsp3) is 0.241. The number of carbonyl (C=O) groups is 1. The van der Waals surface area contributed by atoms with Crippen LogP contribution in [0.5, 0.6) is 5.75 Å². The number of hydrogen-bond acceptors (Lipinski definition) is 4. The minimum atomic E-state index is -0.295. The first kappa shape index (κ1) is 20.3. The van der Waals surface area contributed by atoms with E-state index in [1.165, 1.54) is 6.42 Å². The lowest BCUT2D eigenvalue weighted by atomic mass is 9.86. The maximum Gasteiger partial charge on any atom is 0.211 e. The number of methoxy groups -OCH3 is 1. The number of carbonyl (C=O) groups excluding carboxylic acids is 1. The molecule has 35 heavy (non-hydrogen) atoms. The van der Waals surface area contributed by atoms with E-state index in [1.807, 2.05) is 53.1 Å².